The maximum Gasteiger partial charge on any atom is 0.169 e. The van der Waals surface area contributed by atoms with Crippen LogP contribution in [0.5, 0.6) is 0 Å². The molecule has 2 aromatic rings. The Balaban J connectivity index is 2.80. The van der Waals surface area contributed by atoms with Crippen molar-refractivity contribution < 1.29 is 0 Å². The van der Waals surface area contributed by atoms with Crippen LogP contribution in [0.4, 0.5) is 0 Å². The summed E-state index contributed by atoms with van der Waals surface area (Å²) in [6.45, 7) is 1.99. The molecule has 0 spiro atoms. The van der Waals surface area contributed by atoms with Crippen molar-refractivity contribution in [3.8, 4) is 0 Å². The summed E-state index contributed by atoms with van der Waals surface area (Å²) < 4.78 is 1.99. The Morgan fingerprint density at radius 2 is 2.33 bits per heavy atom. The molecule has 0 radical (unpaired) electrons. The van der Waals surface area contributed by atoms with Crippen molar-refractivity contribution in [2.45, 2.75) is 11.9 Å². The fraction of sp³-hybridized carbons (Fsp3) is 0.250. The lowest BCUT2D eigenvalue weighted by Crippen LogP contribution is -1.92. The number of thioether (sulfide) groups is 1. The van der Waals surface area contributed by atoms with E-state index in [-0.39, 0.29) is 0 Å². The molecule has 0 aliphatic heterocycles. The summed E-state index contributed by atoms with van der Waals surface area (Å²) in [6.07, 6.45) is 7.71. The van der Waals surface area contributed by atoms with E-state index < -0.39 is 0 Å². The van der Waals surface area contributed by atoms with Gasteiger partial charge in [-0.1, -0.05) is 0 Å². The van der Waals surface area contributed by atoms with Gasteiger partial charge >= 0.3 is 0 Å². The first-order chi connectivity index (χ1) is 5.81. The summed E-state index contributed by atoms with van der Waals surface area (Å²) in [5.74, 6) is 0. The lowest BCUT2D eigenvalue weighted by Gasteiger charge is -2.00. The van der Waals surface area contributed by atoms with Gasteiger partial charge < -0.3 is 4.40 Å². The topological polar surface area (TPSA) is 30.2 Å². The number of nitrogens with zero attached hydrogens (tertiary/aromatic N) is 3. The Bertz CT molecular complexity index is 408. The van der Waals surface area contributed by atoms with Gasteiger partial charge in [-0.25, -0.2) is 9.97 Å². The number of imidazole rings is 1. The van der Waals surface area contributed by atoms with Crippen molar-refractivity contribution in [1.82, 2.24) is 14.4 Å². The average Bonchev–Trinajstić information content (AvgIpc) is 2.50. The summed E-state index contributed by atoms with van der Waals surface area (Å²) in [4.78, 5) is 8.58. The Labute approximate surface area is 74.8 Å². The Kier molecular flexibility index (Phi) is 1.77. The molecule has 2 heterocycles. The molecule has 3 nitrogen and oxygen atoms in total. The second kappa shape index (κ2) is 2.79. The molecule has 0 atom stereocenters. The molecular weight excluding hydrogens is 170 g/mol. The first kappa shape index (κ1) is 7.61. The molecule has 0 aliphatic carbocycles. The maximum absolute atomic E-state index is 4.37. The first-order valence-corrected chi connectivity index (χ1v) is 4.88. The minimum atomic E-state index is 0.938. The summed E-state index contributed by atoms with van der Waals surface area (Å²) in [7, 11) is 0. The molecule has 0 N–H and O–H groups in total. The van der Waals surface area contributed by atoms with Crippen molar-refractivity contribution in [3.05, 3.63) is 24.3 Å². The standard InChI is InChI=1S/C8H9N3S/c1-6-5-11-4-3-9-7(11)8(10-6)12-2/h3-5H,1-2H3. The van der Waals surface area contributed by atoms with Gasteiger partial charge in [0.1, 0.15) is 5.03 Å². The molecule has 0 saturated carbocycles. The average molecular weight is 179 g/mol. The van der Waals surface area contributed by atoms with Crippen LogP contribution >= 0.6 is 11.8 Å². The zero-order valence-corrected chi connectivity index (χ0v) is 7.80. The zero-order valence-electron chi connectivity index (χ0n) is 6.98. The van der Waals surface area contributed by atoms with E-state index in [9.17, 15) is 0 Å². The van der Waals surface area contributed by atoms with Crippen LogP contribution < -0.4 is 0 Å². The second-order valence-electron chi connectivity index (χ2n) is 2.55. The van der Waals surface area contributed by atoms with E-state index in [0.29, 0.717) is 0 Å². The third-order valence-electron chi connectivity index (χ3n) is 1.66. The molecule has 62 valence electrons. The Hall–Kier alpha value is -1.03. The number of fused-ring (bicyclic) bond motifs is 1. The van der Waals surface area contributed by atoms with Gasteiger partial charge in [-0.05, 0) is 13.2 Å². The van der Waals surface area contributed by atoms with E-state index >= 15 is 0 Å². The molecule has 0 unspecified atom stereocenters. The number of hydrogen-bond donors (Lipinski definition) is 0. The molecule has 12 heavy (non-hydrogen) atoms. The van der Waals surface area contributed by atoms with Crippen molar-refractivity contribution in [2.24, 2.45) is 0 Å². The van der Waals surface area contributed by atoms with Gasteiger partial charge in [0, 0.05) is 18.6 Å². The first-order valence-electron chi connectivity index (χ1n) is 3.65. The van der Waals surface area contributed by atoms with Gasteiger partial charge in [0.2, 0.25) is 0 Å². The zero-order chi connectivity index (χ0) is 8.55. The quantitative estimate of drug-likeness (QED) is 0.625. The van der Waals surface area contributed by atoms with E-state index in [4.69, 9.17) is 0 Å². The molecule has 0 aromatic carbocycles. The summed E-state index contributed by atoms with van der Waals surface area (Å²) in [5, 5.41) is 0.986. The van der Waals surface area contributed by atoms with Crippen LogP contribution in [0.3, 0.4) is 0 Å². The molecule has 0 aliphatic rings. The highest BCUT2D eigenvalue weighted by Gasteiger charge is 2.02. The SMILES string of the molecule is CSc1nc(C)cn2ccnc12. The van der Waals surface area contributed by atoms with Crippen molar-refractivity contribution in [3.63, 3.8) is 0 Å². The second-order valence-corrected chi connectivity index (χ2v) is 3.34. The van der Waals surface area contributed by atoms with E-state index in [1.54, 1.807) is 18.0 Å². The monoisotopic (exact) mass is 179 g/mol. The van der Waals surface area contributed by atoms with Gasteiger partial charge in [-0.2, -0.15) is 0 Å². The Morgan fingerprint density at radius 1 is 1.50 bits per heavy atom. The molecule has 4 heteroatoms. The van der Waals surface area contributed by atoms with E-state index in [2.05, 4.69) is 9.97 Å². The minimum absolute atomic E-state index is 0.938. The lowest BCUT2D eigenvalue weighted by atomic mass is 10.5. The largest absolute Gasteiger partial charge is 0.303 e. The van der Waals surface area contributed by atoms with Crippen LogP contribution in [0.15, 0.2) is 23.6 Å². The van der Waals surface area contributed by atoms with Crippen LogP contribution in [-0.4, -0.2) is 20.6 Å². The van der Waals surface area contributed by atoms with Gasteiger partial charge in [-0.3, -0.25) is 0 Å². The van der Waals surface area contributed by atoms with Crippen molar-refractivity contribution in [2.75, 3.05) is 6.26 Å². The van der Waals surface area contributed by atoms with Crippen LogP contribution in [0.25, 0.3) is 5.65 Å². The van der Waals surface area contributed by atoms with Crippen LogP contribution in [0.1, 0.15) is 5.69 Å². The highest BCUT2D eigenvalue weighted by Crippen LogP contribution is 2.17. The van der Waals surface area contributed by atoms with Crippen LogP contribution in [-0.2, 0) is 0 Å². The predicted molar refractivity (Wildman–Crippen MR) is 49.5 cm³/mol. The van der Waals surface area contributed by atoms with Gasteiger partial charge in [0.15, 0.2) is 5.65 Å². The minimum Gasteiger partial charge on any atom is -0.303 e. The predicted octanol–water partition coefficient (Wildman–Crippen LogP) is 1.76. The molecular formula is C8H9N3S. The molecule has 2 rings (SSSR count). The summed E-state index contributed by atoms with van der Waals surface area (Å²) >= 11 is 1.62. The fourth-order valence-corrected chi connectivity index (χ4v) is 1.74. The van der Waals surface area contributed by atoms with Crippen LogP contribution in [0, 0.1) is 6.92 Å². The molecule has 0 fully saturated rings. The highest BCUT2D eigenvalue weighted by molar-refractivity contribution is 7.98. The van der Waals surface area contributed by atoms with Gasteiger partial charge in [-0.15, -0.1) is 11.8 Å². The maximum atomic E-state index is 4.37. The van der Waals surface area contributed by atoms with E-state index in [1.807, 2.05) is 30.0 Å². The molecule has 2 aromatic heterocycles. The van der Waals surface area contributed by atoms with E-state index in [1.165, 1.54) is 0 Å². The number of rotatable bonds is 1. The fourth-order valence-electron chi connectivity index (χ4n) is 1.16. The third kappa shape index (κ3) is 1.08. The van der Waals surface area contributed by atoms with E-state index in [0.717, 1.165) is 16.4 Å². The molecule has 0 saturated heterocycles. The van der Waals surface area contributed by atoms with Crippen molar-refractivity contribution >= 4 is 17.4 Å². The lowest BCUT2D eigenvalue weighted by molar-refractivity contribution is 0.985. The molecule has 0 amide bonds. The highest BCUT2D eigenvalue weighted by atomic mass is 32.2. The van der Waals surface area contributed by atoms with Crippen molar-refractivity contribution in [1.29, 1.82) is 0 Å². The Morgan fingerprint density at radius 3 is 3.08 bits per heavy atom. The third-order valence-corrected chi connectivity index (χ3v) is 2.32. The smallest absolute Gasteiger partial charge is 0.169 e. The van der Waals surface area contributed by atoms with Crippen LogP contribution in [0.2, 0.25) is 0 Å². The molecule has 0 bridgehead atoms. The van der Waals surface area contributed by atoms with Gasteiger partial charge in [0.05, 0.1) is 5.69 Å². The number of aromatic nitrogens is 3. The summed E-state index contributed by atoms with van der Waals surface area (Å²) in [6, 6.07) is 0. The normalized spacial score (nSPS) is 10.8. The van der Waals surface area contributed by atoms with Gasteiger partial charge in [0.25, 0.3) is 0 Å². The number of hydrogen-bond acceptors (Lipinski definition) is 3. The number of aryl methyl sites for hydroxylation is 1. The summed E-state index contributed by atoms with van der Waals surface area (Å²) in [5.41, 5.74) is 1.96.